The monoisotopic (exact) mass is 298 g/mol. The fourth-order valence-electron chi connectivity index (χ4n) is 1.37. The van der Waals surface area contributed by atoms with Crippen LogP contribution in [0.5, 0.6) is 0 Å². The Morgan fingerprint density at radius 3 is 2.21 bits per heavy atom. The molecule has 2 aromatic rings. The lowest BCUT2D eigenvalue weighted by Crippen LogP contribution is -1.77. The molecule has 1 nitrogen and oxygen atoms in total. The molecular weight excluding hydrogens is 287 g/mol. The summed E-state index contributed by atoms with van der Waals surface area (Å²) in [5.74, 6) is 1.99. The van der Waals surface area contributed by atoms with Crippen molar-refractivity contribution in [3.05, 3.63) is 45.2 Å². The lowest BCUT2D eigenvalue weighted by atomic mass is 10.1. The van der Waals surface area contributed by atoms with Gasteiger partial charge in [0.05, 0.1) is 3.57 Å². The first-order valence-corrected chi connectivity index (χ1v) is 5.59. The van der Waals surface area contributed by atoms with E-state index in [4.69, 9.17) is 4.42 Å². The van der Waals surface area contributed by atoms with Gasteiger partial charge in [0, 0.05) is 11.1 Å². The molecule has 0 aliphatic rings. The molecule has 1 heterocycles. The molecule has 0 N–H and O–H groups in total. The van der Waals surface area contributed by atoms with Gasteiger partial charge in [-0.3, -0.25) is 0 Å². The van der Waals surface area contributed by atoms with Crippen LogP contribution in [0, 0.1) is 17.4 Å². The van der Waals surface area contributed by atoms with Gasteiger partial charge in [0.1, 0.15) is 11.5 Å². The highest BCUT2D eigenvalue weighted by atomic mass is 127. The summed E-state index contributed by atoms with van der Waals surface area (Å²) in [6, 6.07) is 10.2. The van der Waals surface area contributed by atoms with Crippen molar-refractivity contribution in [2.45, 2.75) is 13.8 Å². The van der Waals surface area contributed by atoms with Crippen molar-refractivity contribution in [2.24, 2.45) is 0 Å². The molecule has 0 aliphatic carbocycles. The number of rotatable bonds is 1. The Bertz CT molecular complexity index is 443. The molecule has 2 rings (SSSR count). The quantitative estimate of drug-likeness (QED) is 0.720. The van der Waals surface area contributed by atoms with Crippen LogP contribution in [0.15, 0.2) is 34.7 Å². The van der Waals surface area contributed by atoms with Crippen molar-refractivity contribution in [2.75, 3.05) is 0 Å². The Hall–Kier alpha value is -0.770. The summed E-state index contributed by atoms with van der Waals surface area (Å²) in [4.78, 5) is 0. The third-order valence-corrected chi connectivity index (χ3v) is 3.65. The second-order valence-corrected chi connectivity index (χ2v) is 4.37. The third kappa shape index (κ3) is 1.59. The molecule has 0 aliphatic heterocycles. The maximum atomic E-state index is 5.72. The van der Waals surface area contributed by atoms with Crippen LogP contribution in [0.3, 0.4) is 0 Å². The minimum atomic E-state index is 0.987. The topological polar surface area (TPSA) is 13.1 Å². The Balaban J connectivity index is 2.58. The van der Waals surface area contributed by atoms with Crippen molar-refractivity contribution < 1.29 is 4.42 Å². The van der Waals surface area contributed by atoms with Gasteiger partial charge < -0.3 is 4.42 Å². The largest absolute Gasteiger partial charge is 0.460 e. The molecule has 0 fully saturated rings. The minimum Gasteiger partial charge on any atom is -0.460 e. The summed E-state index contributed by atoms with van der Waals surface area (Å²) in [6.07, 6.45) is 0. The van der Waals surface area contributed by atoms with Gasteiger partial charge in [0.15, 0.2) is 0 Å². The zero-order valence-corrected chi connectivity index (χ0v) is 10.3. The van der Waals surface area contributed by atoms with Gasteiger partial charge >= 0.3 is 0 Å². The maximum Gasteiger partial charge on any atom is 0.147 e. The predicted octanol–water partition coefficient (Wildman–Crippen LogP) is 4.17. The number of aryl methyl sites for hydroxylation is 1. The van der Waals surface area contributed by atoms with E-state index in [0.29, 0.717) is 0 Å². The Morgan fingerprint density at radius 2 is 1.71 bits per heavy atom. The van der Waals surface area contributed by atoms with E-state index in [-0.39, 0.29) is 0 Å². The molecule has 2 heteroatoms. The van der Waals surface area contributed by atoms with E-state index in [1.165, 1.54) is 9.13 Å². The minimum absolute atomic E-state index is 0.987. The smallest absolute Gasteiger partial charge is 0.147 e. The van der Waals surface area contributed by atoms with Gasteiger partial charge in [0.25, 0.3) is 0 Å². The summed E-state index contributed by atoms with van der Waals surface area (Å²) in [7, 11) is 0. The molecular formula is C12H11IO. The fourth-order valence-corrected chi connectivity index (χ4v) is 2.18. The highest BCUT2D eigenvalue weighted by Gasteiger charge is 2.12. The zero-order chi connectivity index (χ0) is 10.1. The SMILES string of the molecule is Cc1oc(-c2ccccc2)c(I)c1C. The van der Waals surface area contributed by atoms with Crippen LogP contribution >= 0.6 is 22.6 Å². The van der Waals surface area contributed by atoms with E-state index in [1.807, 2.05) is 25.1 Å². The van der Waals surface area contributed by atoms with Crippen molar-refractivity contribution >= 4 is 22.6 Å². The molecule has 1 aromatic heterocycles. The first-order valence-electron chi connectivity index (χ1n) is 4.51. The Kier molecular flexibility index (Phi) is 2.63. The lowest BCUT2D eigenvalue weighted by Gasteiger charge is -1.96. The number of halogens is 1. The van der Waals surface area contributed by atoms with Crippen LogP contribution in [0.2, 0.25) is 0 Å². The standard InChI is InChI=1S/C12H11IO/c1-8-9(2)14-12(11(8)13)10-6-4-3-5-7-10/h3-7H,1-2H3. The summed E-state index contributed by atoms with van der Waals surface area (Å²) < 4.78 is 6.94. The van der Waals surface area contributed by atoms with E-state index < -0.39 is 0 Å². The highest BCUT2D eigenvalue weighted by Crippen LogP contribution is 2.31. The molecule has 0 radical (unpaired) electrons. The molecule has 0 amide bonds. The van der Waals surface area contributed by atoms with Gasteiger partial charge in [-0.1, -0.05) is 30.3 Å². The molecule has 0 saturated carbocycles. The summed E-state index contributed by atoms with van der Waals surface area (Å²) in [5, 5.41) is 0. The highest BCUT2D eigenvalue weighted by molar-refractivity contribution is 14.1. The van der Waals surface area contributed by atoms with E-state index in [0.717, 1.165) is 17.1 Å². The molecule has 0 unspecified atom stereocenters. The van der Waals surface area contributed by atoms with Crippen molar-refractivity contribution in [1.82, 2.24) is 0 Å². The van der Waals surface area contributed by atoms with Gasteiger partial charge in [-0.15, -0.1) is 0 Å². The Labute approximate surface area is 97.3 Å². The van der Waals surface area contributed by atoms with Gasteiger partial charge in [0.2, 0.25) is 0 Å². The summed E-state index contributed by atoms with van der Waals surface area (Å²) in [5.41, 5.74) is 2.39. The van der Waals surface area contributed by atoms with Gasteiger partial charge in [-0.2, -0.15) is 0 Å². The number of benzene rings is 1. The van der Waals surface area contributed by atoms with E-state index in [1.54, 1.807) is 0 Å². The molecule has 0 bridgehead atoms. The second kappa shape index (κ2) is 3.77. The normalized spacial score (nSPS) is 10.5. The van der Waals surface area contributed by atoms with Crippen LogP contribution in [0.1, 0.15) is 11.3 Å². The molecule has 0 spiro atoms. The van der Waals surface area contributed by atoms with Crippen molar-refractivity contribution in [3.63, 3.8) is 0 Å². The number of hydrogen-bond acceptors (Lipinski definition) is 1. The van der Waals surface area contributed by atoms with E-state index in [9.17, 15) is 0 Å². The van der Waals surface area contributed by atoms with Crippen LogP contribution in [0.4, 0.5) is 0 Å². The average molecular weight is 298 g/mol. The van der Waals surface area contributed by atoms with Crippen molar-refractivity contribution in [3.8, 4) is 11.3 Å². The molecule has 14 heavy (non-hydrogen) atoms. The second-order valence-electron chi connectivity index (χ2n) is 3.29. The predicted molar refractivity (Wildman–Crippen MR) is 66.3 cm³/mol. The summed E-state index contributed by atoms with van der Waals surface area (Å²) >= 11 is 2.34. The van der Waals surface area contributed by atoms with Crippen LogP contribution in [0.25, 0.3) is 11.3 Å². The van der Waals surface area contributed by atoms with Gasteiger partial charge in [-0.25, -0.2) is 0 Å². The van der Waals surface area contributed by atoms with Crippen molar-refractivity contribution in [1.29, 1.82) is 0 Å². The average Bonchev–Trinajstić information content (AvgIpc) is 2.47. The first-order chi connectivity index (χ1) is 6.70. The Morgan fingerprint density at radius 1 is 1.07 bits per heavy atom. The maximum absolute atomic E-state index is 5.72. The number of hydrogen-bond donors (Lipinski definition) is 0. The third-order valence-electron chi connectivity index (χ3n) is 2.35. The van der Waals surface area contributed by atoms with Crippen LogP contribution in [-0.4, -0.2) is 0 Å². The molecule has 1 aromatic carbocycles. The van der Waals surface area contributed by atoms with Crippen LogP contribution in [-0.2, 0) is 0 Å². The molecule has 0 atom stereocenters. The summed E-state index contributed by atoms with van der Waals surface area (Å²) in [6.45, 7) is 4.09. The fraction of sp³-hybridized carbons (Fsp3) is 0.167. The molecule has 0 saturated heterocycles. The van der Waals surface area contributed by atoms with E-state index >= 15 is 0 Å². The van der Waals surface area contributed by atoms with Crippen LogP contribution < -0.4 is 0 Å². The first kappa shape index (κ1) is 9.77. The van der Waals surface area contributed by atoms with Gasteiger partial charge in [-0.05, 0) is 36.4 Å². The number of furan rings is 1. The lowest BCUT2D eigenvalue weighted by molar-refractivity contribution is 0.545. The zero-order valence-electron chi connectivity index (χ0n) is 8.17. The molecule has 72 valence electrons. The van der Waals surface area contributed by atoms with E-state index in [2.05, 4.69) is 41.6 Å².